The Hall–Kier alpha value is -0.900. The van der Waals surface area contributed by atoms with Crippen LogP contribution in [0.15, 0.2) is 0 Å². The Morgan fingerprint density at radius 1 is 1.22 bits per heavy atom. The van der Waals surface area contributed by atoms with E-state index in [0.717, 1.165) is 6.26 Å². The Morgan fingerprint density at radius 2 is 1.78 bits per heavy atom. The molecule has 2 rings (SSSR count). The number of carbonyl (C=O) groups is 1. The fourth-order valence-electron chi connectivity index (χ4n) is 2.85. The predicted molar refractivity (Wildman–Crippen MR) is 81.3 cm³/mol. The summed E-state index contributed by atoms with van der Waals surface area (Å²) in [4.78, 5) is 12.0. The quantitative estimate of drug-likeness (QED) is 0.761. The number of nitrogens with one attached hydrogen (secondary N) is 1. The molecule has 0 spiro atoms. The molecule has 0 aromatic rings. The van der Waals surface area contributed by atoms with E-state index in [1.54, 1.807) is 34.6 Å². The highest BCUT2D eigenvalue weighted by molar-refractivity contribution is 7.86. The third-order valence-electron chi connectivity index (χ3n) is 3.41. The van der Waals surface area contributed by atoms with Crippen LogP contribution >= 0.6 is 0 Å². The first-order chi connectivity index (χ1) is 10.3. The second kappa shape index (κ2) is 5.87. The van der Waals surface area contributed by atoms with Gasteiger partial charge in [0.1, 0.15) is 23.9 Å². The first kappa shape index (κ1) is 18.4. The smallest absolute Gasteiger partial charge is 0.407 e. The summed E-state index contributed by atoms with van der Waals surface area (Å²) in [6.45, 7) is 8.74. The Morgan fingerprint density at radius 3 is 2.30 bits per heavy atom. The number of carbonyl (C=O) groups excluding carboxylic acids is 1. The van der Waals surface area contributed by atoms with Gasteiger partial charge in [-0.15, -0.1) is 0 Å². The lowest BCUT2D eigenvalue weighted by molar-refractivity contribution is -0.162. The number of rotatable bonds is 3. The summed E-state index contributed by atoms with van der Waals surface area (Å²) in [6.07, 6.45) is -1.12. The first-order valence-corrected chi connectivity index (χ1v) is 9.31. The molecule has 0 unspecified atom stereocenters. The topological polar surface area (TPSA) is 100 Å². The average Bonchev–Trinajstić information content (AvgIpc) is 2.71. The standard InChI is InChI=1S/C14H25NO7S/c1-13(2,3)21-12(16)15-8-7-9(22-23(6,17)18)11-10(8)19-14(4,5)20-11/h8-11H,7H2,1-6H3,(H,15,16)/t8-,9+,10+,11-/m0/s1. The van der Waals surface area contributed by atoms with Crippen molar-refractivity contribution in [3.63, 3.8) is 0 Å². The van der Waals surface area contributed by atoms with Crippen LogP contribution in [0.25, 0.3) is 0 Å². The molecular formula is C14H25NO7S. The van der Waals surface area contributed by atoms with E-state index in [4.69, 9.17) is 18.4 Å². The molecule has 1 saturated heterocycles. The maximum atomic E-state index is 12.0. The summed E-state index contributed by atoms with van der Waals surface area (Å²) in [6, 6.07) is -0.455. The van der Waals surface area contributed by atoms with Gasteiger partial charge in [0.2, 0.25) is 0 Å². The minimum absolute atomic E-state index is 0.262. The minimum Gasteiger partial charge on any atom is -0.444 e. The zero-order chi connectivity index (χ0) is 17.6. The van der Waals surface area contributed by atoms with E-state index in [-0.39, 0.29) is 6.42 Å². The lowest BCUT2D eigenvalue weighted by Gasteiger charge is -2.25. The van der Waals surface area contributed by atoms with Gasteiger partial charge in [0.15, 0.2) is 5.79 Å². The molecule has 0 aromatic heterocycles. The highest BCUT2D eigenvalue weighted by Crippen LogP contribution is 2.40. The van der Waals surface area contributed by atoms with Crippen LogP contribution in [0.3, 0.4) is 0 Å². The van der Waals surface area contributed by atoms with Crippen molar-refractivity contribution in [1.82, 2.24) is 5.32 Å². The van der Waals surface area contributed by atoms with E-state index in [1.165, 1.54) is 0 Å². The number of fused-ring (bicyclic) bond motifs is 1. The van der Waals surface area contributed by atoms with E-state index in [1.807, 2.05) is 0 Å². The maximum absolute atomic E-state index is 12.0. The van der Waals surface area contributed by atoms with Gasteiger partial charge in [0.05, 0.1) is 12.3 Å². The van der Waals surface area contributed by atoms with Gasteiger partial charge < -0.3 is 19.5 Å². The van der Waals surface area contributed by atoms with E-state index < -0.39 is 52.0 Å². The third-order valence-corrected chi connectivity index (χ3v) is 4.01. The van der Waals surface area contributed by atoms with Crippen LogP contribution in [0.4, 0.5) is 4.79 Å². The molecule has 1 saturated carbocycles. The van der Waals surface area contributed by atoms with Gasteiger partial charge in [-0.25, -0.2) is 4.79 Å². The van der Waals surface area contributed by atoms with Crippen LogP contribution in [-0.4, -0.2) is 56.5 Å². The van der Waals surface area contributed by atoms with Gasteiger partial charge in [-0.3, -0.25) is 4.18 Å². The monoisotopic (exact) mass is 351 g/mol. The molecule has 23 heavy (non-hydrogen) atoms. The number of hydrogen-bond donors (Lipinski definition) is 1. The fraction of sp³-hybridized carbons (Fsp3) is 0.929. The largest absolute Gasteiger partial charge is 0.444 e. The Bertz CT molecular complexity index is 566. The SMILES string of the molecule is CC(C)(C)OC(=O)N[C@H]1C[C@@H](OS(C)(=O)=O)[C@@H]2OC(C)(C)O[C@@H]21. The number of alkyl carbamates (subject to hydrolysis) is 1. The molecule has 0 bridgehead atoms. The normalized spacial score (nSPS) is 33.3. The van der Waals surface area contributed by atoms with Gasteiger partial charge in [-0.05, 0) is 34.6 Å². The number of ether oxygens (including phenoxy) is 3. The average molecular weight is 351 g/mol. The van der Waals surface area contributed by atoms with Crippen molar-refractivity contribution in [2.24, 2.45) is 0 Å². The van der Waals surface area contributed by atoms with Crippen LogP contribution < -0.4 is 5.32 Å². The molecule has 1 aliphatic carbocycles. The lowest BCUT2D eigenvalue weighted by Crippen LogP contribution is -2.45. The molecule has 1 aliphatic heterocycles. The molecular weight excluding hydrogens is 326 g/mol. The van der Waals surface area contributed by atoms with E-state index in [9.17, 15) is 13.2 Å². The highest BCUT2D eigenvalue weighted by atomic mass is 32.2. The molecule has 2 aliphatic rings. The Kier molecular flexibility index (Phi) is 4.71. The van der Waals surface area contributed by atoms with Crippen molar-refractivity contribution in [2.45, 2.75) is 76.8 Å². The van der Waals surface area contributed by atoms with E-state index >= 15 is 0 Å². The zero-order valence-corrected chi connectivity index (χ0v) is 15.1. The number of amides is 1. The summed E-state index contributed by atoms with van der Waals surface area (Å²) < 4.78 is 44.7. The Balaban J connectivity index is 2.10. The van der Waals surface area contributed by atoms with Crippen molar-refractivity contribution in [3.8, 4) is 0 Å². The summed E-state index contributed by atoms with van der Waals surface area (Å²) in [5, 5.41) is 2.72. The minimum atomic E-state index is -3.64. The molecule has 134 valence electrons. The Labute approximate surface area is 136 Å². The second-order valence-corrected chi connectivity index (χ2v) is 8.99. The fourth-order valence-corrected chi connectivity index (χ4v) is 3.49. The molecule has 2 fully saturated rings. The molecule has 0 radical (unpaired) electrons. The van der Waals surface area contributed by atoms with Gasteiger partial charge in [0.25, 0.3) is 10.1 Å². The van der Waals surface area contributed by atoms with Crippen molar-refractivity contribution in [2.75, 3.05) is 6.26 Å². The van der Waals surface area contributed by atoms with Crippen LogP contribution in [0.1, 0.15) is 41.0 Å². The van der Waals surface area contributed by atoms with Crippen molar-refractivity contribution >= 4 is 16.2 Å². The maximum Gasteiger partial charge on any atom is 0.407 e. The van der Waals surface area contributed by atoms with Crippen LogP contribution in [-0.2, 0) is 28.5 Å². The summed E-state index contributed by atoms with van der Waals surface area (Å²) in [5.74, 6) is -0.872. The predicted octanol–water partition coefficient (Wildman–Crippen LogP) is 1.15. The van der Waals surface area contributed by atoms with Crippen LogP contribution in [0.5, 0.6) is 0 Å². The first-order valence-electron chi connectivity index (χ1n) is 7.49. The molecule has 4 atom stereocenters. The third kappa shape index (κ3) is 5.03. The summed E-state index contributed by atoms with van der Waals surface area (Å²) in [7, 11) is -3.64. The molecule has 9 heteroatoms. The van der Waals surface area contributed by atoms with E-state index in [0.29, 0.717) is 0 Å². The molecule has 0 aromatic carbocycles. The lowest BCUT2D eigenvalue weighted by atomic mass is 10.2. The molecule has 8 nitrogen and oxygen atoms in total. The van der Waals surface area contributed by atoms with Crippen molar-refractivity contribution in [1.29, 1.82) is 0 Å². The van der Waals surface area contributed by atoms with Gasteiger partial charge in [-0.2, -0.15) is 8.42 Å². The van der Waals surface area contributed by atoms with Crippen molar-refractivity contribution in [3.05, 3.63) is 0 Å². The van der Waals surface area contributed by atoms with Gasteiger partial charge in [0, 0.05) is 6.42 Å². The second-order valence-electron chi connectivity index (χ2n) is 7.39. The summed E-state index contributed by atoms with van der Waals surface area (Å²) in [5.41, 5.74) is -0.628. The van der Waals surface area contributed by atoms with E-state index in [2.05, 4.69) is 5.32 Å². The molecule has 1 heterocycles. The number of hydrogen-bond acceptors (Lipinski definition) is 7. The summed E-state index contributed by atoms with van der Waals surface area (Å²) >= 11 is 0. The highest BCUT2D eigenvalue weighted by Gasteiger charge is 2.56. The molecule has 1 N–H and O–H groups in total. The van der Waals surface area contributed by atoms with Crippen LogP contribution in [0.2, 0.25) is 0 Å². The van der Waals surface area contributed by atoms with Crippen LogP contribution in [0, 0.1) is 0 Å². The van der Waals surface area contributed by atoms with Crippen molar-refractivity contribution < 1.29 is 31.6 Å². The van der Waals surface area contributed by atoms with Gasteiger partial charge in [-0.1, -0.05) is 0 Å². The molecule has 1 amide bonds. The zero-order valence-electron chi connectivity index (χ0n) is 14.3. The van der Waals surface area contributed by atoms with Gasteiger partial charge >= 0.3 is 6.09 Å².